The van der Waals surface area contributed by atoms with Crippen LogP contribution in [0.15, 0.2) is 22.7 Å². The standard InChI is InChI=1S/C20H24BrFN4O2/c21-15-7-8-17(16(22)11-15)28-13-19(27)25-9-4-5-14(12-25)20-24-23-18-6-2-1-3-10-26(18)20/h7-8,11,14H,1-6,9-10,12-13H2. The van der Waals surface area contributed by atoms with E-state index in [0.717, 1.165) is 50.3 Å². The number of ether oxygens (including phenoxy) is 1. The molecule has 0 aliphatic carbocycles. The first-order valence-corrected chi connectivity index (χ1v) is 10.7. The fraction of sp³-hybridized carbons (Fsp3) is 0.550. The van der Waals surface area contributed by atoms with E-state index in [9.17, 15) is 9.18 Å². The quantitative estimate of drug-likeness (QED) is 0.712. The van der Waals surface area contributed by atoms with Crippen molar-refractivity contribution in [3.8, 4) is 5.75 Å². The van der Waals surface area contributed by atoms with Crippen LogP contribution < -0.4 is 4.74 Å². The number of nitrogens with zero attached hydrogens (tertiary/aromatic N) is 4. The van der Waals surface area contributed by atoms with Crippen molar-refractivity contribution < 1.29 is 13.9 Å². The lowest BCUT2D eigenvalue weighted by Crippen LogP contribution is -2.42. The molecule has 6 nitrogen and oxygen atoms in total. The minimum Gasteiger partial charge on any atom is -0.481 e. The van der Waals surface area contributed by atoms with E-state index < -0.39 is 5.82 Å². The molecule has 0 spiro atoms. The van der Waals surface area contributed by atoms with Crippen LogP contribution in [0.2, 0.25) is 0 Å². The first-order chi connectivity index (χ1) is 13.6. The molecule has 8 heteroatoms. The summed E-state index contributed by atoms with van der Waals surface area (Å²) in [6.07, 6.45) is 6.45. The smallest absolute Gasteiger partial charge is 0.260 e. The molecule has 1 aromatic heterocycles. The SMILES string of the molecule is O=C(COc1ccc(Br)cc1F)N1CCCC(c2nnc3n2CCCCC3)C1. The molecule has 0 radical (unpaired) electrons. The van der Waals surface area contributed by atoms with Gasteiger partial charge in [-0.2, -0.15) is 0 Å². The number of carbonyl (C=O) groups is 1. The lowest BCUT2D eigenvalue weighted by molar-refractivity contribution is -0.134. The van der Waals surface area contributed by atoms with Crippen molar-refractivity contribution in [3.05, 3.63) is 40.1 Å². The van der Waals surface area contributed by atoms with E-state index in [0.29, 0.717) is 17.6 Å². The van der Waals surface area contributed by atoms with Crippen molar-refractivity contribution >= 4 is 21.8 Å². The third-order valence-electron chi connectivity index (χ3n) is 5.52. The second-order valence-electron chi connectivity index (χ2n) is 7.48. The Labute approximate surface area is 172 Å². The molecule has 150 valence electrons. The van der Waals surface area contributed by atoms with Gasteiger partial charge in [0.2, 0.25) is 0 Å². The van der Waals surface area contributed by atoms with Gasteiger partial charge in [0.25, 0.3) is 5.91 Å². The van der Waals surface area contributed by atoms with Gasteiger partial charge in [-0.25, -0.2) is 4.39 Å². The Balaban J connectivity index is 1.39. The van der Waals surface area contributed by atoms with E-state index in [2.05, 4.69) is 30.7 Å². The Hall–Kier alpha value is -1.96. The van der Waals surface area contributed by atoms with Crippen molar-refractivity contribution in [3.63, 3.8) is 0 Å². The van der Waals surface area contributed by atoms with Crippen molar-refractivity contribution in [1.29, 1.82) is 0 Å². The molecule has 1 unspecified atom stereocenters. The van der Waals surface area contributed by atoms with Crippen LogP contribution in [0.25, 0.3) is 0 Å². The summed E-state index contributed by atoms with van der Waals surface area (Å²) in [6.45, 7) is 2.11. The van der Waals surface area contributed by atoms with E-state index in [4.69, 9.17) is 4.74 Å². The number of amides is 1. The van der Waals surface area contributed by atoms with Crippen molar-refractivity contribution in [1.82, 2.24) is 19.7 Å². The van der Waals surface area contributed by atoms with Crippen molar-refractivity contribution in [2.24, 2.45) is 0 Å². The average Bonchev–Trinajstić information content (AvgIpc) is 2.95. The third-order valence-corrected chi connectivity index (χ3v) is 6.02. The van der Waals surface area contributed by atoms with Gasteiger partial charge in [0.15, 0.2) is 18.2 Å². The number of carbonyl (C=O) groups excluding carboxylic acids is 1. The highest BCUT2D eigenvalue weighted by atomic mass is 79.9. The fourth-order valence-electron chi connectivity index (χ4n) is 4.05. The zero-order chi connectivity index (χ0) is 19.5. The fourth-order valence-corrected chi connectivity index (χ4v) is 4.38. The molecule has 0 bridgehead atoms. The summed E-state index contributed by atoms with van der Waals surface area (Å²) >= 11 is 3.21. The van der Waals surface area contributed by atoms with Gasteiger partial charge < -0.3 is 14.2 Å². The molecule has 0 N–H and O–H groups in total. The minimum atomic E-state index is -0.482. The highest BCUT2D eigenvalue weighted by Gasteiger charge is 2.29. The van der Waals surface area contributed by atoms with Gasteiger partial charge in [-0.1, -0.05) is 22.4 Å². The number of aryl methyl sites for hydroxylation is 1. The second kappa shape index (κ2) is 8.59. The number of aromatic nitrogens is 3. The maximum Gasteiger partial charge on any atom is 0.260 e. The van der Waals surface area contributed by atoms with Gasteiger partial charge in [0, 0.05) is 36.4 Å². The molecule has 1 saturated heterocycles. The van der Waals surface area contributed by atoms with Crippen LogP contribution in [0.3, 0.4) is 0 Å². The maximum atomic E-state index is 13.9. The number of benzene rings is 1. The Morgan fingerprint density at radius 3 is 2.96 bits per heavy atom. The molecule has 4 rings (SSSR count). The van der Waals surface area contributed by atoms with Gasteiger partial charge in [-0.15, -0.1) is 10.2 Å². The molecule has 1 aromatic carbocycles. The summed E-state index contributed by atoms with van der Waals surface area (Å²) in [5, 5.41) is 8.85. The molecule has 2 aliphatic rings. The van der Waals surface area contributed by atoms with Crippen LogP contribution in [0.1, 0.15) is 49.7 Å². The molecule has 28 heavy (non-hydrogen) atoms. The lowest BCUT2D eigenvalue weighted by atomic mass is 9.97. The van der Waals surface area contributed by atoms with Gasteiger partial charge in [0.1, 0.15) is 11.6 Å². The molecular weight excluding hydrogens is 427 g/mol. The van der Waals surface area contributed by atoms with Crippen LogP contribution in [0.5, 0.6) is 5.75 Å². The lowest BCUT2D eigenvalue weighted by Gasteiger charge is -2.32. The van der Waals surface area contributed by atoms with Gasteiger partial charge in [-0.3, -0.25) is 4.79 Å². The van der Waals surface area contributed by atoms with Gasteiger partial charge in [-0.05, 0) is 43.9 Å². The summed E-state index contributed by atoms with van der Waals surface area (Å²) < 4.78 is 22.2. The van der Waals surface area contributed by atoms with Crippen molar-refractivity contribution in [2.75, 3.05) is 19.7 Å². The first-order valence-electron chi connectivity index (χ1n) is 9.89. The summed E-state index contributed by atoms with van der Waals surface area (Å²) in [5.74, 6) is 1.76. The molecule has 3 heterocycles. The predicted molar refractivity (Wildman–Crippen MR) is 106 cm³/mol. The van der Waals surface area contributed by atoms with Crippen LogP contribution in [-0.4, -0.2) is 45.3 Å². The number of rotatable bonds is 4. The Morgan fingerprint density at radius 2 is 2.11 bits per heavy atom. The minimum absolute atomic E-state index is 0.0906. The molecule has 1 amide bonds. The number of piperidine rings is 1. The van der Waals surface area contributed by atoms with E-state index in [1.807, 2.05) is 4.90 Å². The normalized spacial score (nSPS) is 19.8. The molecule has 1 fully saturated rings. The Bertz CT molecular complexity index is 857. The van der Waals surface area contributed by atoms with Gasteiger partial charge in [0.05, 0.1) is 0 Å². The van der Waals surface area contributed by atoms with E-state index in [1.54, 1.807) is 6.07 Å². The molecule has 1 atom stereocenters. The highest BCUT2D eigenvalue weighted by Crippen LogP contribution is 2.28. The van der Waals surface area contributed by atoms with Gasteiger partial charge >= 0.3 is 0 Å². The Kier molecular flexibility index (Phi) is 5.94. The highest BCUT2D eigenvalue weighted by molar-refractivity contribution is 9.10. The number of halogens is 2. The summed E-state index contributed by atoms with van der Waals surface area (Å²) in [5.41, 5.74) is 0. The predicted octanol–water partition coefficient (Wildman–Crippen LogP) is 3.69. The van der Waals surface area contributed by atoms with E-state index in [1.165, 1.54) is 18.6 Å². The molecule has 0 saturated carbocycles. The summed E-state index contributed by atoms with van der Waals surface area (Å²) in [7, 11) is 0. The zero-order valence-electron chi connectivity index (χ0n) is 15.7. The van der Waals surface area contributed by atoms with E-state index >= 15 is 0 Å². The molecular formula is C20H24BrFN4O2. The van der Waals surface area contributed by atoms with Crippen LogP contribution in [-0.2, 0) is 17.8 Å². The summed E-state index contributed by atoms with van der Waals surface area (Å²) in [6, 6.07) is 4.54. The topological polar surface area (TPSA) is 60.2 Å². The molecule has 2 aliphatic heterocycles. The zero-order valence-corrected chi connectivity index (χ0v) is 17.3. The second-order valence-corrected chi connectivity index (χ2v) is 8.39. The monoisotopic (exact) mass is 450 g/mol. The number of hydrogen-bond acceptors (Lipinski definition) is 4. The summed E-state index contributed by atoms with van der Waals surface area (Å²) in [4.78, 5) is 14.4. The third kappa shape index (κ3) is 4.21. The van der Waals surface area contributed by atoms with E-state index in [-0.39, 0.29) is 24.2 Å². The van der Waals surface area contributed by atoms with Crippen molar-refractivity contribution in [2.45, 2.75) is 51.0 Å². The number of hydrogen-bond donors (Lipinski definition) is 0. The van der Waals surface area contributed by atoms with Crippen LogP contribution >= 0.6 is 15.9 Å². The number of likely N-dealkylation sites (tertiary alicyclic amines) is 1. The Morgan fingerprint density at radius 1 is 1.21 bits per heavy atom. The maximum absolute atomic E-state index is 13.9. The molecule has 2 aromatic rings. The van der Waals surface area contributed by atoms with Crippen LogP contribution in [0, 0.1) is 5.82 Å². The largest absolute Gasteiger partial charge is 0.481 e. The average molecular weight is 451 g/mol. The van der Waals surface area contributed by atoms with Crippen LogP contribution in [0.4, 0.5) is 4.39 Å². The number of fused-ring (bicyclic) bond motifs is 1. The first kappa shape index (κ1) is 19.4.